The molecule has 120 valence electrons. The lowest BCUT2D eigenvalue weighted by molar-refractivity contribution is -0.125. The van der Waals surface area contributed by atoms with Gasteiger partial charge >= 0.3 is 0 Å². The summed E-state index contributed by atoms with van der Waals surface area (Å²) in [6.45, 7) is 8.49. The predicted molar refractivity (Wildman–Crippen MR) is 84.5 cm³/mol. The maximum atomic E-state index is 11.4. The van der Waals surface area contributed by atoms with Crippen LogP contribution in [0, 0.1) is 5.92 Å². The highest BCUT2D eigenvalue weighted by atomic mass is 32.2. The number of rotatable bonds is 10. The Labute approximate surface area is 131 Å². The maximum Gasteiger partial charge on any atom is 0.245 e. The Morgan fingerprint density at radius 3 is 2.81 bits per heavy atom. The third-order valence-corrected chi connectivity index (χ3v) is 3.53. The highest BCUT2D eigenvalue weighted by molar-refractivity contribution is 7.98. The van der Waals surface area contributed by atoms with Crippen LogP contribution in [-0.2, 0) is 22.5 Å². The van der Waals surface area contributed by atoms with Crippen molar-refractivity contribution in [2.45, 2.75) is 45.3 Å². The number of ether oxygens (including phenoxy) is 1. The highest BCUT2D eigenvalue weighted by Gasteiger charge is 2.12. The molecular formula is C14H26N4O2S. The second-order valence-corrected chi connectivity index (χ2v) is 5.97. The zero-order valence-electron chi connectivity index (χ0n) is 13.4. The number of carbonyl (C=O) groups excluding carboxylic acids is 1. The van der Waals surface area contributed by atoms with Crippen molar-refractivity contribution < 1.29 is 9.53 Å². The lowest BCUT2D eigenvalue weighted by Crippen LogP contribution is -2.28. The van der Waals surface area contributed by atoms with Gasteiger partial charge in [-0.15, -0.1) is 10.2 Å². The molecule has 1 heterocycles. The molecule has 0 aliphatic carbocycles. The first-order valence-corrected chi connectivity index (χ1v) is 8.61. The summed E-state index contributed by atoms with van der Waals surface area (Å²) in [6, 6.07) is 0. The van der Waals surface area contributed by atoms with Crippen LogP contribution in [0.15, 0.2) is 5.16 Å². The number of carbonyl (C=O) groups is 1. The average Bonchev–Trinajstić information content (AvgIpc) is 2.82. The van der Waals surface area contributed by atoms with Crippen LogP contribution in [0.3, 0.4) is 0 Å². The first kappa shape index (κ1) is 18.0. The summed E-state index contributed by atoms with van der Waals surface area (Å²) in [6.07, 6.45) is 3.68. The Morgan fingerprint density at radius 2 is 2.19 bits per heavy atom. The minimum absolute atomic E-state index is 0.0645. The molecule has 1 rings (SSSR count). The van der Waals surface area contributed by atoms with E-state index in [2.05, 4.69) is 33.9 Å². The van der Waals surface area contributed by atoms with E-state index in [0.29, 0.717) is 19.1 Å². The summed E-state index contributed by atoms with van der Waals surface area (Å²) < 4.78 is 7.23. The van der Waals surface area contributed by atoms with Crippen LogP contribution >= 0.6 is 11.8 Å². The molecule has 0 aliphatic rings. The topological polar surface area (TPSA) is 69.0 Å². The molecule has 6 nitrogen and oxygen atoms in total. The van der Waals surface area contributed by atoms with Crippen LogP contribution < -0.4 is 5.32 Å². The van der Waals surface area contributed by atoms with Crippen LogP contribution in [0.1, 0.15) is 33.0 Å². The highest BCUT2D eigenvalue weighted by Crippen LogP contribution is 2.16. The van der Waals surface area contributed by atoms with Gasteiger partial charge in [0.1, 0.15) is 12.4 Å². The van der Waals surface area contributed by atoms with Gasteiger partial charge < -0.3 is 14.6 Å². The van der Waals surface area contributed by atoms with E-state index in [-0.39, 0.29) is 12.5 Å². The Morgan fingerprint density at radius 1 is 1.43 bits per heavy atom. The molecule has 1 N–H and O–H groups in total. The second kappa shape index (κ2) is 9.78. The zero-order valence-corrected chi connectivity index (χ0v) is 14.2. The van der Waals surface area contributed by atoms with Crippen molar-refractivity contribution in [3.8, 4) is 0 Å². The number of amides is 1. The van der Waals surface area contributed by atoms with E-state index < -0.39 is 0 Å². The van der Waals surface area contributed by atoms with Crippen molar-refractivity contribution in [2.75, 3.05) is 26.0 Å². The molecule has 1 aromatic rings. The minimum Gasteiger partial charge on any atom is -0.372 e. The van der Waals surface area contributed by atoms with Crippen LogP contribution in [0.5, 0.6) is 0 Å². The molecule has 0 spiro atoms. The first-order chi connectivity index (χ1) is 10.1. The van der Waals surface area contributed by atoms with Gasteiger partial charge in [-0.1, -0.05) is 25.6 Å². The second-order valence-electron chi connectivity index (χ2n) is 5.20. The number of nitrogens with one attached hydrogen (secondary N) is 1. The fraction of sp³-hybridized carbons (Fsp3) is 0.786. The number of aromatic nitrogens is 3. The molecule has 1 amide bonds. The largest absolute Gasteiger partial charge is 0.372 e. The summed E-state index contributed by atoms with van der Waals surface area (Å²) >= 11 is 1.61. The predicted octanol–water partition coefficient (Wildman–Crippen LogP) is 1.74. The smallest absolute Gasteiger partial charge is 0.245 e. The van der Waals surface area contributed by atoms with E-state index in [1.54, 1.807) is 11.8 Å². The van der Waals surface area contributed by atoms with E-state index in [4.69, 9.17) is 4.74 Å². The van der Waals surface area contributed by atoms with E-state index in [0.717, 1.165) is 30.4 Å². The monoisotopic (exact) mass is 314 g/mol. The molecule has 0 fully saturated rings. The number of hydrogen-bond donors (Lipinski definition) is 1. The average molecular weight is 314 g/mol. The fourth-order valence-corrected chi connectivity index (χ4v) is 2.45. The number of thioether (sulfide) groups is 1. The molecule has 0 radical (unpaired) electrons. The normalized spacial score (nSPS) is 11.1. The molecule has 0 aromatic carbocycles. The van der Waals surface area contributed by atoms with Gasteiger partial charge in [-0.05, 0) is 25.5 Å². The molecule has 0 atom stereocenters. The molecule has 0 aliphatic heterocycles. The quantitative estimate of drug-likeness (QED) is 0.526. The van der Waals surface area contributed by atoms with Gasteiger partial charge in [-0.2, -0.15) is 0 Å². The molecule has 0 saturated heterocycles. The van der Waals surface area contributed by atoms with E-state index in [9.17, 15) is 4.79 Å². The van der Waals surface area contributed by atoms with Crippen molar-refractivity contribution in [3.63, 3.8) is 0 Å². The van der Waals surface area contributed by atoms with Gasteiger partial charge in [0.2, 0.25) is 5.91 Å². The Balaban J connectivity index is 2.41. The number of hydrogen-bond acceptors (Lipinski definition) is 5. The number of aryl methyl sites for hydroxylation is 1. The van der Waals surface area contributed by atoms with Crippen molar-refractivity contribution in [3.05, 3.63) is 5.82 Å². The van der Waals surface area contributed by atoms with Gasteiger partial charge in [0, 0.05) is 26.1 Å². The van der Waals surface area contributed by atoms with Gasteiger partial charge in [0.15, 0.2) is 5.16 Å². The Kier molecular flexibility index (Phi) is 8.37. The summed E-state index contributed by atoms with van der Waals surface area (Å²) in [7, 11) is 0. The molecule has 1 aromatic heterocycles. The third kappa shape index (κ3) is 6.48. The van der Waals surface area contributed by atoms with Gasteiger partial charge in [0.05, 0.1) is 0 Å². The molecule has 0 bridgehead atoms. The van der Waals surface area contributed by atoms with E-state index in [1.807, 2.05) is 13.2 Å². The molecule has 0 unspecified atom stereocenters. The van der Waals surface area contributed by atoms with Crippen molar-refractivity contribution >= 4 is 17.7 Å². The summed E-state index contributed by atoms with van der Waals surface area (Å²) in [5, 5.41) is 12.3. The SMILES string of the molecule is CCOCC(=O)NCCCc1nnc(SC)n1CC(C)C. The standard InChI is InChI=1S/C14H26N4O2S/c1-5-20-10-13(19)15-8-6-7-12-16-17-14(21-4)18(12)9-11(2)3/h11H,5-10H2,1-4H3,(H,15,19). The summed E-state index contributed by atoms with van der Waals surface area (Å²) in [5.41, 5.74) is 0. The Hall–Kier alpha value is -1.08. The first-order valence-electron chi connectivity index (χ1n) is 7.39. The van der Waals surface area contributed by atoms with E-state index in [1.165, 1.54) is 0 Å². The van der Waals surface area contributed by atoms with Crippen LogP contribution in [0.4, 0.5) is 0 Å². The summed E-state index contributed by atoms with van der Waals surface area (Å²) in [4.78, 5) is 11.4. The van der Waals surface area contributed by atoms with Crippen LogP contribution in [0.25, 0.3) is 0 Å². The van der Waals surface area contributed by atoms with Crippen molar-refractivity contribution in [2.24, 2.45) is 5.92 Å². The Bertz CT molecular complexity index is 435. The summed E-state index contributed by atoms with van der Waals surface area (Å²) in [5.74, 6) is 1.48. The van der Waals surface area contributed by atoms with Crippen LogP contribution in [-0.4, -0.2) is 46.7 Å². The van der Waals surface area contributed by atoms with Crippen molar-refractivity contribution in [1.82, 2.24) is 20.1 Å². The molecule has 7 heteroatoms. The minimum atomic E-state index is -0.0645. The molecular weight excluding hydrogens is 288 g/mol. The van der Waals surface area contributed by atoms with Crippen molar-refractivity contribution in [1.29, 1.82) is 0 Å². The van der Waals surface area contributed by atoms with E-state index >= 15 is 0 Å². The van der Waals surface area contributed by atoms with Gasteiger partial charge in [0.25, 0.3) is 0 Å². The molecule has 21 heavy (non-hydrogen) atoms. The zero-order chi connectivity index (χ0) is 15.7. The lowest BCUT2D eigenvalue weighted by Gasteiger charge is -2.11. The lowest BCUT2D eigenvalue weighted by atomic mass is 10.2. The van der Waals surface area contributed by atoms with Crippen LogP contribution in [0.2, 0.25) is 0 Å². The maximum absolute atomic E-state index is 11.4. The van der Waals surface area contributed by atoms with Gasteiger partial charge in [-0.25, -0.2) is 0 Å². The number of nitrogens with zero attached hydrogens (tertiary/aromatic N) is 3. The van der Waals surface area contributed by atoms with Gasteiger partial charge in [-0.3, -0.25) is 4.79 Å². The fourth-order valence-electron chi connectivity index (χ4n) is 1.92. The molecule has 0 saturated carbocycles. The third-order valence-electron chi connectivity index (χ3n) is 2.86.